The van der Waals surface area contributed by atoms with Gasteiger partial charge >= 0.3 is 5.91 Å². The summed E-state index contributed by atoms with van der Waals surface area (Å²) in [6, 6.07) is 3.46. The quantitative estimate of drug-likeness (QED) is 0.498. The van der Waals surface area contributed by atoms with Crippen LogP contribution in [-0.2, 0) is 4.79 Å². The zero-order chi connectivity index (χ0) is 15.8. The van der Waals surface area contributed by atoms with Gasteiger partial charge in [0.25, 0.3) is 0 Å². The Labute approximate surface area is 130 Å². The lowest BCUT2D eigenvalue weighted by atomic mass is 10.1. The van der Waals surface area contributed by atoms with E-state index in [0.29, 0.717) is 5.71 Å². The molecule has 6 nitrogen and oxygen atoms in total. The van der Waals surface area contributed by atoms with E-state index in [1.807, 2.05) is 0 Å². The Morgan fingerprint density at radius 1 is 1.27 bits per heavy atom. The molecule has 6 heteroatoms. The third-order valence-electron chi connectivity index (χ3n) is 3.73. The lowest BCUT2D eigenvalue weighted by Crippen LogP contribution is -2.35. The molecule has 120 valence electrons. The van der Waals surface area contributed by atoms with Crippen molar-refractivity contribution in [2.75, 3.05) is 0 Å². The molecule has 1 aromatic heterocycles. The van der Waals surface area contributed by atoms with Gasteiger partial charge in [0, 0.05) is 11.8 Å². The van der Waals surface area contributed by atoms with Crippen LogP contribution in [0.3, 0.4) is 0 Å². The first-order valence-electron chi connectivity index (χ1n) is 7.81. The van der Waals surface area contributed by atoms with Crippen molar-refractivity contribution in [3.05, 3.63) is 24.2 Å². The maximum Gasteiger partial charge on any atom is 0.307 e. The summed E-state index contributed by atoms with van der Waals surface area (Å²) in [4.78, 5) is 23.6. The number of amides is 2. The molecular weight excluding hydrogens is 282 g/mol. The first-order valence-corrected chi connectivity index (χ1v) is 7.81. The van der Waals surface area contributed by atoms with Gasteiger partial charge in [-0.25, -0.2) is 5.43 Å². The number of rotatable bonds is 5. The van der Waals surface area contributed by atoms with E-state index in [9.17, 15) is 9.59 Å². The van der Waals surface area contributed by atoms with Gasteiger partial charge in [-0.2, -0.15) is 5.10 Å². The summed E-state index contributed by atoms with van der Waals surface area (Å²) in [6.45, 7) is 1.72. The van der Waals surface area contributed by atoms with E-state index in [1.165, 1.54) is 31.9 Å². The van der Waals surface area contributed by atoms with Gasteiger partial charge in [-0.1, -0.05) is 25.7 Å². The van der Waals surface area contributed by atoms with Crippen LogP contribution < -0.4 is 10.7 Å². The van der Waals surface area contributed by atoms with Gasteiger partial charge in [-0.15, -0.1) is 0 Å². The normalized spacial score (nSPS) is 16.9. The van der Waals surface area contributed by atoms with Crippen LogP contribution in [0.2, 0.25) is 0 Å². The number of carbonyl (C=O) groups is 2. The molecule has 1 saturated carbocycles. The predicted octanol–water partition coefficient (Wildman–Crippen LogP) is 2.61. The number of nitrogens with zero attached hydrogens (tertiary/aromatic N) is 1. The smallest absolute Gasteiger partial charge is 0.307 e. The minimum Gasteiger partial charge on any atom is -0.459 e. The number of hydrogen-bond acceptors (Lipinski definition) is 4. The maximum atomic E-state index is 12.0. The highest BCUT2D eigenvalue weighted by Gasteiger charge is 2.15. The molecule has 2 amide bonds. The highest BCUT2D eigenvalue weighted by molar-refractivity contribution is 6.00. The summed E-state index contributed by atoms with van der Waals surface area (Å²) in [5.41, 5.74) is 2.94. The van der Waals surface area contributed by atoms with Crippen LogP contribution in [0.25, 0.3) is 0 Å². The molecule has 1 aromatic rings. The van der Waals surface area contributed by atoms with Crippen molar-refractivity contribution in [3.63, 3.8) is 0 Å². The molecule has 0 unspecified atom stereocenters. The Kier molecular flexibility index (Phi) is 6.18. The number of nitrogens with one attached hydrogen (secondary N) is 2. The molecule has 0 radical (unpaired) electrons. The third kappa shape index (κ3) is 5.35. The standard InChI is InChI=1S/C16H23N3O3/c1-12(18-19-16(21)14-9-6-10-22-14)11-15(20)17-13-7-4-2-3-5-8-13/h6,9-10,13H,2-5,7-8,11H2,1H3,(H,17,20)(H,19,21)/b18-12+. The van der Waals surface area contributed by atoms with Crippen LogP contribution in [0.15, 0.2) is 27.9 Å². The summed E-state index contributed by atoms with van der Waals surface area (Å²) in [7, 11) is 0. The second-order valence-electron chi connectivity index (χ2n) is 5.70. The molecular formula is C16H23N3O3. The second-order valence-corrected chi connectivity index (χ2v) is 5.70. The van der Waals surface area contributed by atoms with Crippen LogP contribution >= 0.6 is 0 Å². The van der Waals surface area contributed by atoms with Crippen LogP contribution in [0.1, 0.15) is 62.4 Å². The molecule has 0 saturated heterocycles. The van der Waals surface area contributed by atoms with E-state index in [2.05, 4.69) is 15.8 Å². The van der Waals surface area contributed by atoms with Gasteiger partial charge in [0.05, 0.1) is 12.7 Å². The van der Waals surface area contributed by atoms with Crippen molar-refractivity contribution in [1.29, 1.82) is 0 Å². The van der Waals surface area contributed by atoms with Crippen LogP contribution in [-0.4, -0.2) is 23.6 Å². The lowest BCUT2D eigenvalue weighted by Gasteiger charge is -2.16. The Morgan fingerprint density at radius 2 is 2.00 bits per heavy atom. The number of hydrogen-bond donors (Lipinski definition) is 2. The zero-order valence-electron chi connectivity index (χ0n) is 12.9. The zero-order valence-corrected chi connectivity index (χ0v) is 12.9. The minimum atomic E-state index is -0.423. The summed E-state index contributed by atoms with van der Waals surface area (Å²) in [5.74, 6) is -0.270. The van der Waals surface area contributed by atoms with E-state index in [1.54, 1.807) is 19.1 Å². The number of hydrazone groups is 1. The maximum absolute atomic E-state index is 12.0. The topological polar surface area (TPSA) is 83.7 Å². The molecule has 0 spiro atoms. The Morgan fingerprint density at radius 3 is 2.64 bits per heavy atom. The largest absolute Gasteiger partial charge is 0.459 e. The van der Waals surface area contributed by atoms with Crippen molar-refractivity contribution in [2.45, 2.75) is 57.9 Å². The molecule has 0 atom stereocenters. The molecule has 1 heterocycles. The molecule has 0 aliphatic heterocycles. The van der Waals surface area contributed by atoms with Crippen LogP contribution in [0, 0.1) is 0 Å². The minimum absolute atomic E-state index is 0.0413. The van der Waals surface area contributed by atoms with E-state index in [4.69, 9.17) is 4.42 Å². The summed E-state index contributed by atoms with van der Waals surface area (Å²) in [5, 5.41) is 6.98. The van der Waals surface area contributed by atoms with E-state index < -0.39 is 5.91 Å². The van der Waals surface area contributed by atoms with Crippen molar-refractivity contribution >= 4 is 17.5 Å². The summed E-state index contributed by atoms with van der Waals surface area (Å²) in [6.07, 6.45) is 8.58. The second kappa shape index (κ2) is 8.36. The van der Waals surface area contributed by atoms with E-state index >= 15 is 0 Å². The molecule has 1 aliphatic rings. The number of furan rings is 1. The van der Waals surface area contributed by atoms with Crippen LogP contribution in [0.4, 0.5) is 0 Å². The Hall–Kier alpha value is -2.11. The summed E-state index contributed by atoms with van der Waals surface area (Å²) < 4.78 is 4.96. The SMILES string of the molecule is C/C(CC(=O)NC1CCCCCC1)=N\NC(=O)c1ccco1. The average molecular weight is 305 g/mol. The van der Waals surface area contributed by atoms with E-state index in [-0.39, 0.29) is 24.1 Å². The monoisotopic (exact) mass is 305 g/mol. The fourth-order valence-electron chi connectivity index (χ4n) is 2.58. The highest BCUT2D eigenvalue weighted by atomic mass is 16.3. The van der Waals surface area contributed by atoms with Gasteiger partial charge in [0.1, 0.15) is 0 Å². The van der Waals surface area contributed by atoms with Gasteiger partial charge in [-0.05, 0) is 31.9 Å². The molecule has 0 aromatic carbocycles. The number of carbonyl (C=O) groups excluding carboxylic acids is 2. The third-order valence-corrected chi connectivity index (χ3v) is 3.73. The van der Waals surface area contributed by atoms with Crippen molar-refractivity contribution in [3.8, 4) is 0 Å². The highest BCUT2D eigenvalue weighted by Crippen LogP contribution is 2.17. The summed E-state index contributed by atoms with van der Waals surface area (Å²) >= 11 is 0. The average Bonchev–Trinajstić information content (AvgIpc) is 2.91. The predicted molar refractivity (Wildman–Crippen MR) is 83.5 cm³/mol. The molecule has 2 N–H and O–H groups in total. The molecule has 0 bridgehead atoms. The van der Waals surface area contributed by atoms with E-state index in [0.717, 1.165) is 12.8 Å². The molecule has 1 fully saturated rings. The van der Waals surface area contributed by atoms with Gasteiger partial charge < -0.3 is 9.73 Å². The fraction of sp³-hybridized carbons (Fsp3) is 0.562. The Bertz CT molecular complexity index is 515. The van der Waals surface area contributed by atoms with Crippen molar-refractivity contribution in [1.82, 2.24) is 10.7 Å². The fourth-order valence-corrected chi connectivity index (χ4v) is 2.58. The molecule has 1 aliphatic carbocycles. The first kappa shape index (κ1) is 16.3. The molecule has 22 heavy (non-hydrogen) atoms. The molecule has 2 rings (SSSR count). The van der Waals surface area contributed by atoms with Crippen molar-refractivity contribution in [2.24, 2.45) is 5.10 Å². The first-order chi connectivity index (χ1) is 10.6. The van der Waals surface area contributed by atoms with Gasteiger partial charge in [0.15, 0.2) is 5.76 Å². The van der Waals surface area contributed by atoms with Gasteiger partial charge in [0.2, 0.25) is 5.91 Å². The lowest BCUT2D eigenvalue weighted by molar-refractivity contribution is -0.120. The van der Waals surface area contributed by atoms with Crippen LogP contribution in [0.5, 0.6) is 0 Å². The Balaban J connectivity index is 1.75. The van der Waals surface area contributed by atoms with Gasteiger partial charge in [-0.3, -0.25) is 9.59 Å². The van der Waals surface area contributed by atoms with Crippen molar-refractivity contribution < 1.29 is 14.0 Å².